The van der Waals surface area contributed by atoms with E-state index in [4.69, 9.17) is 11.6 Å². The monoisotopic (exact) mass is 764 g/mol. The summed E-state index contributed by atoms with van der Waals surface area (Å²) in [5.74, 6) is 1.00. The van der Waals surface area contributed by atoms with Crippen molar-refractivity contribution >= 4 is 94.1 Å². The number of hydrogen-bond donors (Lipinski definition) is 1. The number of aliphatic imine (C=N–C) groups is 1. The molecule has 16 heteroatoms. The van der Waals surface area contributed by atoms with Gasteiger partial charge in [-0.2, -0.15) is 0 Å². The smallest absolute Gasteiger partial charge is 0.225 e. The summed E-state index contributed by atoms with van der Waals surface area (Å²) in [6.07, 6.45) is 10.7. The van der Waals surface area contributed by atoms with E-state index in [2.05, 4.69) is 30.2 Å². The number of fused-ring (bicyclic) bond motifs is 7. The SMILES string of the molecule is CN(C)C(=O)[C@H]1CCc2c(sc3ncnc(Cl)c23)C1.CN(C)C(=O)[C@H]1CCc2c(sc3ncnc(Nc4cc5c(cc4S(C)(=O)=O)CN=C5)c23)C1. The molecule has 0 bridgehead atoms. The Morgan fingerprint density at radius 3 is 2.00 bits per heavy atom. The lowest BCUT2D eigenvalue weighted by Gasteiger charge is -2.24. The highest BCUT2D eigenvalue weighted by Crippen LogP contribution is 2.42. The summed E-state index contributed by atoms with van der Waals surface area (Å²) >= 11 is 9.39. The Labute approximate surface area is 308 Å². The number of aromatic nitrogens is 4. The van der Waals surface area contributed by atoms with Crippen molar-refractivity contribution in [2.75, 3.05) is 39.8 Å². The molecule has 0 saturated carbocycles. The number of hydrogen-bond acceptors (Lipinski definition) is 12. The number of sulfone groups is 1. The highest BCUT2D eigenvalue weighted by atomic mass is 35.5. The van der Waals surface area contributed by atoms with E-state index in [1.165, 1.54) is 29.4 Å². The number of carbonyl (C=O) groups excluding carboxylic acids is 2. The molecule has 5 heterocycles. The summed E-state index contributed by atoms with van der Waals surface area (Å²) in [6.45, 7) is 0.487. The molecule has 2 atom stereocenters. The van der Waals surface area contributed by atoms with Crippen molar-refractivity contribution in [1.29, 1.82) is 0 Å². The van der Waals surface area contributed by atoms with Crippen LogP contribution in [0.15, 0.2) is 34.7 Å². The van der Waals surface area contributed by atoms with Crippen LogP contribution in [0, 0.1) is 11.8 Å². The number of benzene rings is 1. The van der Waals surface area contributed by atoms with Crippen molar-refractivity contribution in [3.05, 3.63) is 61.9 Å². The van der Waals surface area contributed by atoms with Crippen LogP contribution in [-0.2, 0) is 51.7 Å². The molecule has 8 rings (SSSR count). The molecule has 2 amide bonds. The largest absolute Gasteiger partial charge is 0.349 e. The fourth-order valence-electron chi connectivity index (χ4n) is 7.10. The third-order valence-electron chi connectivity index (χ3n) is 9.61. The second kappa shape index (κ2) is 13.8. The molecular formula is C35H37ClN8O4S3. The topological polar surface area (TPSA) is 151 Å². The third kappa shape index (κ3) is 6.84. The Balaban J connectivity index is 0.000000182. The Bertz CT molecular complexity index is 2350. The maximum Gasteiger partial charge on any atom is 0.225 e. The van der Waals surface area contributed by atoms with E-state index in [1.807, 2.05) is 20.2 Å². The van der Waals surface area contributed by atoms with Crippen LogP contribution < -0.4 is 5.32 Å². The number of rotatable bonds is 5. The van der Waals surface area contributed by atoms with Gasteiger partial charge in [-0.05, 0) is 72.9 Å². The minimum atomic E-state index is -3.46. The van der Waals surface area contributed by atoms with Gasteiger partial charge in [-0.15, -0.1) is 22.7 Å². The van der Waals surface area contributed by atoms with Crippen molar-refractivity contribution in [2.45, 2.75) is 50.0 Å². The van der Waals surface area contributed by atoms with E-state index in [9.17, 15) is 18.0 Å². The molecule has 4 aromatic heterocycles. The number of aryl methyl sites for hydroxylation is 2. The van der Waals surface area contributed by atoms with Crippen molar-refractivity contribution in [1.82, 2.24) is 29.7 Å². The molecule has 266 valence electrons. The zero-order valence-corrected chi connectivity index (χ0v) is 32.1. The van der Waals surface area contributed by atoms with E-state index in [0.717, 1.165) is 74.1 Å². The van der Waals surface area contributed by atoms with Gasteiger partial charge in [-0.1, -0.05) is 11.6 Å². The highest BCUT2D eigenvalue weighted by molar-refractivity contribution is 7.90. The lowest BCUT2D eigenvalue weighted by atomic mass is 9.87. The average Bonchev–Trinajstić information content (AvgIpc) is 3.81. The van der Waals surface area contributed by atoms with Gasteiger partial charge in [0.25, 0.3) is 0 Å². The molecule has 0 saturated heterocycles. The summed E-state index contributed by atoms with van der Waals surface area (Å²) in [4.78, 5) is 53.8. The molecule has 12 nitrogen and oxygen atoms in total. The minimum absolute atomic E-state index is 0.0252. The van der Waals surface area contributed by atoms with Crippen LogP contribution >= 0.6 is 34.3 Å². The number of carbonyl (C=O) groups is 2. The summed E-state index contributed by atoms with van der Waals surface area (Å²) in [5.41, 5.74) is 4.68. The lowest BCUT2D eigenvalue weighted by molar-refractivity contribution is -0.134. The molecule has 1 N–H and O–H groups in total. The van der Waals surface area contributed by atoms with E-state index >= 15 is 0 Å². The Kier molecular flexibility index (Phi) is 9.58. The maximum absolute atomic E-state index is 12.5. The van der Waals surface area contributed by atoms with E-state index in [0.29, 0.717) is 29.6 Å². The normalized spacial score (nSPS) is 17.7. The molecule has 1 aliphatic heterocycles. The van der Waals surface area contributed by atoms with Crippen molar-refractivity contribution < 1.29 is 18.0 Å². The second-order valence-electron chi connectivity index (χ2n) is 13.5. The second-order valence-corrected chi connectivity index (χ2v) is 18.0. The van der Waals surface area contributed by atoms with Gasteiger partial charge in [-0.25, -0.2) is 28.4 Å². The van der Waals surface area contributed by atoms with Gasteiger partial charge in [0.1, 0.15) is 33.3 Å². The summed E-state index contributed by atoms with van der Waals surface area (Å²) in [7, 11) is 3.74. The van der Waals surface area contributed by atoms with Crippen molar-refractivity contribution in [3.63, 3.8) is 0 Å². The fourth-order valence-corrected chi connectivity index (χ4v) is 10.8. The van der Waals surface area contributed by atoms with Crippen LogP contribution in [0.1, 0.15) is 44.8 Å². The molecule has 5 aromatic rings. The summed E-state index contributed by atoms with van der Waals surface area (Å²) < 4.78 is 25.0. The molecule has 0 radical (unpaired) electrons. The molecular weight excluding hydrogens is 728 g/mol. The number of halogens is 1. The average molecular weight is 765 g/mol. The zero-order chi connectivity index (χ0) is 36.2. The van der Waals surface area contributed by atoms with Crippen LogP contribution in [-0.4, -0.2) is 90.6 Å². The van der Waals surface area contributed by atoms with Crippen LogP contribution in [0.5, 0.6) is 0 Å². The van der Waals surface area contributed by atoms with Crippen LogP contribution in [0.2, 0.25) is 5.15 Å². The van der Waals surface area contributed by atoms with Gasteiger partial charge in [0, 0.05) is 62.3 Å². The molecule has 0 unspecified atom stereocenters. The van der Waals surface area contributed by atoms with Gasteiger partial charge >= 0.3 is 0 Å². The number of nitrogens with zero attached hydrogens (tertiary/aromatic N) is 7. The molecule has 51 heavy (non-hydrogen) atoms. The van der Waals surface area contributed by atoms with Crippen LogP contribution in [0.4, 0.5) is 11.5 Å². The number of nitrogens with one attached hydrogen (secondary N) is 1. The first kappa shape index (κ1) is 35.4. The van der Waals surface area contributed by atoms with Gasteiger partial charge in [0.15, 0.2) is 9.84 Å². The number of amides is 2. The fraction of sp³-hybridized carbons (Fsp3) is 0.400. The molecule has 0 spiro atoms. The van der Waals surface area contributed by atoms with E-state index in [1.54, 1.807) is 58.8 Å². The minimum Gasteiger partial charge on any atom is -0.349 e. The maximum atomic E-state index is 12.5. The molecule has 2 aliphatic carbocycles. The lowest BCUT2D eigenvalue weighted by Crippen LogP contribution is -2.32. The van der Waals surface area contributed by atoms with Crippen LogP contribution in [0.25, 0.3) is 20.4 Å². The van der Waals surface area contributed by atoms with Gasteiger partial charge in [-0.3, -0.25) is 14.6 Å². The number of anilines is 2. The Morgan fingerprint density at radius 1 is 0.843 bits per heavy atom. The first-order chi connectivity index (χ1) is 24.3. The zero-order valence-electron chi connectivity index (χ0n) is 28.9. The quantitative estimate of drug-likeness (QED) is 0.229. The van der Waals surface area contributed by atoms with Gasteiger partial charge in [0.2, 0.25) is 11.8 Å². The van der Waals surface area contributed by atoms with Crippen molar-refractivity contribution in [3.8, 4) is 0 Å². The Hall–Kier alpha value is -4.05. The highest BCUT2D eigenvalue weighted by Gasteiger charge is 2.31. The first-order valence-electron chi connectivity index (χ1n) is 16.5. The van der Waals surface area contributed by atoms with Gasteiger partial charge < -0.3 is 15.1 Å². The summed E-state index contributed by atoms with van der Waals surface area (Å²) in [6, 6.07) is 3.51. The number of thiophene rings is 2. The van der Waals surface area contributed by atoms with Crippen molar-refractivity contribution in [2.24, 2.45) is 16.8 Å². The predicted molar refractivity (Wildman–Crippen MR) is 202 cm³/mol. The standard InChI is InChI=1S/C22H23N5O3S2.C13H14ClN3OS/c1-27(2)22(28)12-4-5-15-17(7-12)31-21-19(15)20(24-11-25-21)26-16-6-13-9-23-10-14(13)8-18(16)32(3,29)30;1-17(2)13(18)7-3-4-8-9(5-7)19-12-10(8)11(14)15-6-16-12/h6,8-9,11-12H,4-5,7,10H2,1-3H3,(H,24,25,26);6-7H,3-5H2,1-2H3/t12-;7-/m00/s1. The van der Waals surface area contributed by atoms with Crippen LogP contribution in [0.3, 0.4) is 0 Å². The van der Waals surface area contributed by atoms with E-state index < -0.39 is 9.84 Å². The predicted octanol–water partition coefficient (Wildman–Crippen LogP) is 5.50. The Morgan fingerprint density at radius 2 is 1.41 bits per heavy atom. The first-order valence-corrected chi connectivity index (χ1v) is 20.4. The summed E-state index contributed by atoms with van der Waals surface area (Å²) in [5, 5.41) is 5.71. The third-order valence-corrected chi connectivity index (χ3v) is 13.4. The van der Waals surface area contributed by atoms with Gasteiger partial charge in [0.05, 0.1) is 27.9 Å². The molecule has 1 aromatic carbocycles. The van der Waals surface area contributed by atoms with E-state index in [-0.39, 0.29) is 28.5 Å². The molecule has 0 fully saturated rings. The molecule has 3 aliphatic rings.